The van der Waals surface area contributed by atoms with E-state index in [1.54, 1.807) is 0 Å². The molecule has 2 heterocycles. The maximum absolute atomic E-state index is 6.23. The summed E-state index contributed by atoms with van der Waals surface area (Å²) in [5, 5.41) is 2.26. The number of rotatable bonds is 6. The van der Waals surface area contributed by atoms with Gasteiger partial charge in [0, 0.05) is 32.9 Å². The van der Waals surface area contributed by atoms with Gasteiger partial charge in [-0.25, -0.2) is 15.0 Å². The summed E-state index contributed by atoms with van der Waals surface area (Å²) in [6, 6.07) is 66.3. The summed E-state index contributed by atoms with van der Waals surface area (Å²) in [4.78, 5) is 14.7. The fourth-order valence-electron chi connectivity index (χ4n) is 8.71. The smallest absolute Gasteiger partial charge is 0.164 e. The van der Waals surface area contributed by atoms with Gasteiger partial charge < -0.3 is 4.42 Å². The van der Waals surface area contributed by atoms with Crippen LogP contribution in [0.2, 0.25) is 0 Å². The zero-order chi connectivity index (χ0) is 38.8. The minimum absolute atomic E-state index is 0.117. The average Bonchev–Trinajstić information content (AvgIpc) is 3.77. The lowest BCUT2D eigenvalue weighted by atomic mass is 9.80. The molecule has 0 saturated carbocycles. The lowest BCUT2D eigenvalue weighted by Crippen LogP contribution is -2.15. The summed E-state index contributed by atoms with van der Waals surface area (Å²) in [5.74, 6) is 1.95. The van der Waals surface area contributed by atoms with Crippen LogP contribution in [0.15, 0.2) is 192 Å². The number of furan rings is 1. The van der Waals surface area contributed by atoms with E-state index in [0.717, 1.165) is 49.8 Å². The van der Waals surface area contributed by atoms with Crippen molar-refractivity contribution in [3.63, 3.8) is 0 Å². The molecule has 1 aliphatic rings. The number of fused-ring (bicyclic) bond motifs is 6. The van der Waals surface area contributed by atoms with E-state index in [1.807, 2.05) is 72.8 Å². The molecular formula is C54H37N3O. The van der Waals surface area contributed by atoms with Gasteiger partial charge in [-0.15, -0.1) is 0 Å². The van der Waals surface area contributed by atoms with Crippen LogP contribution in [-0.2, 0) is 5.41 Å². The van der Waals surface area contributed by atoms with Gasteiger partial charge in [0.15, 0.2) is 17.5 Å². The van der Waals surface area contributed by atoms with Crippen LogP contribution in [0.5, 0.6) is 0 Å². The van der Waals surface area contributed by atoms with E-state index < -0.39 is 0 Å². The standard InChI is InChI=1S/C54H37N3O/c1-54(2)47-19-11-9-17-41(47)45-32-43(40-29-30-50-46(31-40)42-18-10-12-20-49(42)58-50)44(33-48(45)54)36-25-21-34(22-26-36)35-23-27-39(28-24-35)53-56-51(37-13-5-3-6-14-37)55-52(57-53)38-15-7-4-8-16-38/h3-33H,1-2H3. The Balaban J connectivity index is 0.981. The van der Waals surface area contributed by atoms with Crippen molar-refractivity contribution < 1.29 is 4.42 Å². The molecule has 2 aromatic heterocycles. The predicted molar refractivity (Wildman–Crippen MR) is 237 cm³/mol. The van der Waals surface area contributed by atoms with Gasteiger partial charge in [0.05, 0.1) is 0 Å². The van der Waals surface area contributed by atoms with Gasteiger partial charge >= 0.3 is 0 Å². The summed E-state index contributed by atoms with van der Waals surface area (Å²) in [5.41, 5.74) is 16.9. The third-order valence-electron chi connectivity index (χ3n) is 11.8. The van der Waals surface area contributed by atoms with Crippen LogP contribution in [0.3, 0.4) is 0 Å². The third-order valence-corrected chi connectivity index (χ3v) is 11.8. The first kappa shape index (κ1) is 33.9. The van der Waals surface area contributed by atoms with E-state index in [-0.39, 0.29) is 5.41 Å². The van der Waals surface area contributed by atoms with Gasteiger partial charge in [0.25, 0.3) is 0 Å². The monoisotopic (exact) mass is 743 g/mol. The highest BCUT2D eigenvalue weighted by molar-refractivity contribution is 6.07. The second-order valence-corrected chi connectivity index (χ2v) is 15.6. The Bertz CT molecular complexity index is 3110. The Kier molecular flexibility index (Phi) is 7.80. The van der Waals surface area contributed by atoms with Gasteiger partial charge in [-0.05, 0) is 86.0 Å². The lowest BCUT2D eigenvalue weighted by molar-refractivity contribution is 0.660. The van der Waals surface area contributed by atoms with Gasteiger partial charge in [0.1, 0.15) is 11.2 Å². The molecule has 274 valence electrons. The van der Waals surface area contributed by atoms with E-state index in [2.05, 4.69) is 129 Å². The Morgan fingerprint density at radius 2 is 0.810 bits per heavy atom. The Labute approximate surface area is 337 Å². The summed E-state index contributed by atoms with van der Waals surface area (Å²) in [6.45, 7) is 4.69. The minimum Gasteiger partial charge on any atom is -0.456 e. The number of para-hydroxylation sites is 1. The summed E-state index contributed by atoms with van der Waals surface area (Å²) < 4.78 is 6.23. The molecule has 0 unspecified atom stereocenters. The highest BCUT2D eigenvalue weighted by Crippen LogP contribution is 2.52. The maximum atomic E-state index is 6.23. The molecule has 0 spiro atoms. The maximum Gasteiger partial charge on any atom is 0.164 e. The molecule has 4 nitrogen and oxygen atoms in total. The summed E-state index contributed by atoms with van der Waals surface area (Å²) in [6.07, 6.45) is 0. The van der Waals surface area contributed by atoms with Crippen molar-refractivity contribution in [2.24, 2.45) is 0 Å². The highest BCUT2D eigenvalue weighted by Gasteiger charge is 2.36. The molecular weight excluding hydrogens is 707 g/mol. The first-order chi connectivity index (χ1) is 28.5. The van der Waals surface area contributed by atoms with Crippen LogP contribution >= 0.6 is 0 Å². The first-order valence-corrected chi connectivity index (χ1v) is 19.8. The van der Waals surface area contributed by atoms with Crippen LogP contribution in [0.4, 0.5) is 0 Å². The molecule has 11 rings (SSSR count). The zero-order valence-corrected chi connectivity index (χ0v) is 32.1. The molecule has 0 saturated heterocycles. The van der Waals surface area contributed by atoms with Gasteiger partial charge in [0.2, 0.25) is 0 Å². The number of hydrogen-bond acceptors (Lipinski definition) is 4. The van der Waals surface area contributed by atoms with Crippen molar-refractivity contribution in [1.82, 2.24) is 15.0 Å². The molecule has 0 aliphatic heterocycles. The topological polar surface area (TPSA) is 51.8 Å². The molecule has 0 bridgehead atoms. The van der Waals surface area contributed by atoms with Crippen LogP contribution in [0.25, 0.3) is 101 Å². The van der Waals surface area contributed by atoms with E-state index in [4.69, 9.17) is 19.4 Å². The van der Waals surface area contributed by atoms with Crippen molar-refractivity contribution in [3.05, 3.63) is 199 Å². The zero-order valence-electron chi connectivity index (χ0n) is 32.1. The van der Waals surface area contributed by atoms with Crippen LogP contribution < -0.4 is 0 Å². The molecule has 0 N–H and O–H groups in total. The van der Waals surface area contributed by atoms with E-state index >= 15 is 0 Å². The number of nitrogens with zero attached hydrogens (tertiary/aromatic N) is 3. The number of aromatic nitrogens is 3. The van der Waals surface area contributed by atoms with E-state index in [1.165, 1.54) is 44.5 Å². The second kappa shape index (κ2) is 13.4. The molecule has 0 amide bonds. The fraction of sp³-hybridized carbons (Fsp3) is 0.0556. The number of benzene rings is 8. The fourth-order valence-corrected chi connectivity index (χ4v) is 8.71. The molecule has 0 radical (unpaired) electrons. The number of hydrogen-bond donors (Lipinski definition) is 0. The van der Waals surface area contributed by atoms with Crippen molar-refractivity contribution >= 4 is 21.9 Å². The van der Waals surface area contributed by atoms with Gasteiger partial charge in [-0.3, -0.25) is 0 Å². The molecule has 10 aromatic rings. The molecule has 1 aliphatic carbocycles. The third kappa shape index (κ3) is 5.64. The average molecular weight is 744 g/mol. The van der Waals surface area contributed by atoms with Gasteiger partial charge in [-0.2, -0.15) is 0 Å². The summed E-state index contributed by atoms with van der Waals surface area (Å²) >= 11 is 0. The van der Waals surface area contributed by atoms with Crippen molar-refractivity contribution in [2.45, 2.75) is 19.3 Å². The molecule has 58 heavy (non-hydrogen) atoms. The van der Waals surface area contributed by atoms with Crippen molar-refractivity contribution in [3.8, 4) is 78.7 Å². The molecule has 4 heteroatoms. The largest absolute Gasteiger partial charge is 0.456 e. The molecule has 0 fully saturated rings. The van der Waals surface area contributed by atoms with E-state index in [0.29, 0.717) is 17.5 Å². The van der Waals surface area contributed by atoms with Gasteiger partial charge in [-0.1, -0.05) is 172 Å². The molecule has 0 atom stereocenters. The predicted octanol–water partition coefficient (Wildman–Crippen LogP) is 14.1. The second-order valence-electron chi connectivity index (χ2n) is 15.6. The summed E-state index contributed by atoms with van der Waals surface area (Å²) in [7, 11) is 0. The SMILES string of the molecule is CC1(C)c2ccccc2-c2cc(-c3ccc4oc5ccccc5c4c3)c(-c3ccc(-c4ccc(-c5nc(-c6ccccc6)nc(-c6ccccc6)n5)cc4)cc3)cc21. The Morgan fingerprint density at radius 1 is 0.328 bits per heavy atom. The van der Waals surface area contributed by atoms with Crippen molar-refractivity contribution in [2.75, 3.05) is 0 Å². The van der Waals surface area contributed by atoms with Crippen LogP contribution in [0, 0.1) is 0 Å². The van der Waals surface area contributed by atoms with Crippen molar-refractivity contribution in [1.29, 1.82) is 0 Å². The Hall–Kier alpha value is -7.43. The molecule has 8 aromatic carbocycles. The highest BCUT2D eigenvalue weighted by atomic mass is 16.3. The normalized spacial score (nSPS) is 12.8. The Morgan fingerprint density at radius 3 is 1.47 bits per heavy atom. The minimum atomic E-state index is -0.117. The van der Waals surface area contributed by atoms with E-state index in [9.17, 15) is 0 Å². The van der Waals surface area contributed by atoms with Crippen LogP contribution in [-0.4, -0.2) is 15.0 Å². The van der Waals surface area contributed by atoms with Crippen LogP contribution in [0.1, 0.15) is 25.0 Å². The lowest BCUT2D eigenvalue weighted by Gasteiger charge is -2.23. The quantitative estimate of drug-likeness (QED) is 0.170. The first-order valence-electron chi connectivity index (χ1n) is 19.8.